The molecule has 2 aromatic rings. The number of amides is 2. The van der Waals surface area contributed by atoms with Crippen LogP contribution in [0.25, 0.3) is 0 Å². The van der Waals surface area contributed by atoms with Crippen molar-refractivity contribution in [3.05, 3.63) is 63.6 Å². The van der Waals surface area contributed by atoms with Gasteiger partial charge in [-0.2, -0.15) is 0 Å². The Hall–Kier alpha value is -2.39. The summed E-state index contributed by atoms with van der Waals surface area (Å²) in [4.78, 5) is 27.3. The summed E-state index contributed by atoms with van der Waals surface area (Å²) in [6.45, 7) is 8.30. The number of benzene rings is 2. The molecule has 1 N–H and O–H groups in total. The molecule has 0 saturated carbocycles. The van der Waals surface area contributed by atoms with Crippen LogP contribution in [0.4, 0.5) is 5.69 Å². The lowest BCUT2D eigenvalue weighted by Crippen LogP contribution is -2.47. The van der Waals surface area contributed by atoms with Gasteiger partial charge >= 0.3 is 0 Å². The summed E-state index contributed by atoms with van der Waals surface area (Å²) >= 11 is 3.44. The van der Waals surface area contributed by atoms with Crippen molar-refractivity contribution < 1.29 is 18.0 Å². The number of aryl methyl sites for hydroxylation is 1. The van der Waals surface area contributed by atoms with E-state index in [0.29, 0.717) is 18.7 Å². The van der Waals surface area contributed by atoms with Crippen molar-refractivity contribution in [1.82, 2.24) is 10.2 Å². The number of hydrogen-bond acceptors (Lipinski definition) is 4. The van der Waals surface area contributed by atoms with Crippen molar-refractivity contribution >= 4 is 43.5 Å². The van der Waals surface area contributed by atoms with Crippen molar-refractivity contribution in [2.45, 2.75) is 53.1 Å². The predicted molar refractivity (Wildman–Crippen MR) is 140 cm³/mol. The number of sulfonamides is 1. The number of rotatable bonds is 11. The van der Waals surface area contributed by atoms with Gasteiger partial charge in [0.15, 0.2) is 0 Å². The smallest absolute Gasteiger partial charge is 0.242 e. The molecule has 1 atom stereocenters. The highest BCUT2D eigenvalue weighted by Crippen LogP contribution is 2.25. The van der Waals surface area contributed by atoms with Crippen LogP contribution in [0, 0.1) is 13.8 Å². The fraction of sp³-hybridized carbons (Fsp3) is 0.440. The number of hydrogen-bond donors (Lipinski definition) is 1. The largest absolute Gasteiger partial charge is 0.355 e. The maximum Gasteiger partial charge on any atom is 0.242 e. The molecule has 34 heavy (non-hydrogen) atoms. The fourth-order valence-corrected chi connectivity index (χ4v) is 5.19. The molecule has 0 heterocycles. The van der Waals surface area contributed by atoms with E-state index in [1.54, 1.807) is 17.9 Å². The molecular formula is C25H34BrN3O4S. The van der Waals surface area contributed by atoms with Gasteiger partial charge < -0.3 is 10.2 Å². The van der Waals surface area contributed by atoms with Crippen LogP contribution >= 0.6 is 15.9 Å². The van der Waals surface area contributed by atoms with Gasteiger partial charge in [-0.3, -0.25) is 13.9 Å². The third-order valence-electron chi connectivity index (χ3n) is 5.76. The Bertz CT molecular complexity index is 1120. The molecular weight excluding hydrogens is 518 g/mol. The normalized spacial score (nSPS) is 12.2. The van der Waals surface area contributed by atoms with E-state index in [4.69, 9.17) is 0 Å². The maximum absolute atomic E-state index is 13.2. The Morgan fingerprint density at radius 1 is 1.12 bits per heavy atom. The molecule has 0 spiro atoms. The lowest BCUT2D eigenvalue weighted by Gasteiger charge is -2.29. The molecule has 0 bridgehead atoms. The Morgan fingerprint density at radius 3 is 2.41 bits per heavy atom. The van der Waals surface area contributed by atoms with Gasteiger partial charge in [-0.15, -0.1) is 0 Å². The molecule has 186 valence electrons. The number of halogens is 1. The van der Waals surface area contributed by atoms with Crippen LogP contribution in [0.1, 0.15) is 43.4 Å². The molecule has 2 aromatic carbocycles. The Labute approximate surface area is 211 Å². The van der Waals surface area contributed by atoms with Crippen molar-refractivity contribution in [1.29, 1.82) is 0 Å². The number of carbonyl (C=O) groups excluding carboxylic acids is 2. The van der Waals surface area contributed by atoms with Gasteiger partial charge in [-0.1, -0.05) is 40.2 Å². The summed E-state index contributed by atoms with van der Waals surface area (Å²) < 4.78 is 27.3. The van der Waals surface area contributed by atoms with Crippen molar-refractivity contribution in [2.24, 2.45) is 0 Å². The van der Waals surface area contributed by atoms with E-state index in [0.717, 1.165) is 21.2 Å². The van der Waals surface area contributed by atoms with Gasteiger partial charge in [0.05, 0.1) is 11.9 Å². The zero-order valence-corrected chi connectivity index (χ0v) is 22.9. The van der Waals surface area contributed by atoms with Gasteiger partial charge in [-0.05, 0) is 69.0 Å². The molecule has 2 amide bonds. The first-order valence-corrected chi connectivity index (χ1v) is 13.9. The molecule has 9 heteroatoms. The molecule has 7 nitrogen and oxygen atoms in total. The molecule has 0 unspecified atom stereocenters. The molecule has 0 fully saturated rings. The van der Waals surface area contributed by atoms with E-state index in [9.17, 15) is 18.0 Å². The predicted octanol–water partition coefficient (Wildman–Crippen LogP) is 4.17. The first kappa shape index (κ1) is 27.9. The summed E-state index contributed by atoms with van der Waals surface area (Å²) in [6.07, 6.45) is 1.62. The van der Waals surface area contributed by atoms with E-state index < -0.39 is 16.1 Å². The second-order valence-corrected chi connectivity index (χ2v) is 11.2. The zero-order valence-electron chi connectivity index (χ0n) is 20.5. The summed E-state index contributed by atoms with van der Waals surface area (Å²) in [5, 5.41) is 2.78. The van der Waals surface area contributed by atoms with Gasteiger partial charge in [0, 0.05) is 30.5 Å². The minimum absolute atomic E-state index is 0.120. The van der Waals surface area contributed by atoms with Crippen LogP contribution in [0.3, 0.4) is 0 Å². The van der Waals surface area contributed by atoms with Gasteiger partial charge in [0.2, 0.25) is 21.8 Å². The highest BCUT2D eigenvalue weighted by atomic mass is 79.9. The standard InChI is InChI=1S/C25H34BrN3O4S/c1-6-27-25(31)20(4)28(17-21-11-8-12-22(26)16-21)24(30)14-9-15-29(34(5,32)33)23-13-7-10-18(2)19(23)3/h7-8,10-13,16,20H,6,9,14-15,17H2,1-5H3,(H,27,31)/t20-/m0/s1. The van der Waals surface area contributed by atoms with Crippen LogP contribution in [-0.2, 0) is 26.2 Å². The summed E-state index contributed by atoms with van der Waals surface area (Å²) in [5.74, 6) is -0.424. The Balaban J connectivity index is 2.19. The third kappa shape index (κ3) is 7.56. The second kappa shape index (κ2) is 12.4. The molecule has 0 radical (unpaired) electrons. The average molecular weight is 553 g/mol. The number of anilines is 1. The second-order valence-electron chi connectivity index (χ2n) is 8.38. The molecule has 0 aromatic heterocycles. The Kier molecular flexibility index (Phi) is 10.1. The first-order valence-electron chi connectivity index (χ1n) is 11.3. The monoisotopic (exact) mass is 551 g/mol. The fourth-order valence-electron chi connectivity index (χ4n) is 3.72. The lowest BCUT2D eigenvalue weighted by molar-refractivity contribution is -0.140. The van der Waals surface area contributed by atoms with E-state index in [2.05, 4.69) is 21.2 Å². The van der Waals surface area contributed by atoms with Gasteiger partial charge in [-0.25, -0.2) is 8.42 Å². The molecule has 0 aliphatic rings. The molecule has 0 aliphatic carbocycles. The average Bonchev–Trinajstić information content (AvgIpc) is 2.76. The van der Waals surface area contributed by atoms with Crippen LogP contribution in [-0.4, -0.2) is 50.5 Å². The number of likely N-dealkylation sites (N-methyl/N-ethyl adjacent to an activating group) is 1. The van der Waals surface area contributed by atoms with Crippen LogP contribution in [0.2, 0.25) is 0 Å². The van der Waals surface area contributed by atoms with Crippen LogP contribution in [0.5, 0.6) is 0 Å². The lowest BCUT2D eigenvalue weighted by atomic mass is 10.1. The first-order chi connectivity index (χ1) is 16.0. The SMILES string of the molecule is CCNC(=O)[C@H](C)N(Cc1cccc(Br)c1)C(=O)CCCN(c1cccc(C)c1C)S(C)(=O)=O. The number of nitrogens with zero attached hydrogens (tertiary/aromatic N) is 2. The van der Waals surface area contributed by atoms with Crippen molar-refractivity contribution in [3.8, 4) is 0 Å². The number of carbonyl (C=O) groups is 2. The van der Waals surface area contributed by atoms with Crippen LogP contribution < -0.4 is 9.62 Å². The highest BCUT2D eigenvalue weighted by molar-refractivity contribution is 9.10. The van der Waals surface area contributed by atoms with E-state index in [1.165, 1.54) is 10.6 Å². The van der Waals surface area contributed by atoms with Crippen molar-refractivity contribution in [3.63, 3.8) is 0 Å². The van der Waals surface area contributed by atoms with Crippen molar-refractivity contribution in [2.75, 3.05) is 23.7 Å². The minimum Gasteiger partial charge on any atom is -0.355 e. The molecule has 0 aliphatic heterocycles. The molecule has 2 rings (SSSR count). The minimum atomic E-state index is -3.53. The van der Waals surface area contributed by atoms with Gasteiger partial charge in [0.1, 0.15) is 6.04 Å². The Morgan fingerprint density at radius 2 is 1.79 bits per heavy atom. The zero-order chi connectivity index (χ0) is 25.5. The number of nitrogens with one attached hydrogen (secondary N) is 1. The quantitative estimate of drug-likeness (QED) is 0.454. The van der Waals surface area contributed by atoms with E-state index >= 15 is 0 Å². The highest BCUT2D eigenvalue weighted by Gasteiger charge is 2.26. The van der Waals surface area contributed by atoms with E-state index in [-0.39, 0.29) is 31.3 Å². The summed E-state index contributed by atoms with van der Waals surface area (Å²) in [7, 11) is -3.53. The van der Waals surface area contributed by atoms with Gasteiger partial charge in [0.25, 0.3) is 0 Å². The molecule has 0 saturated heterocycles. The summed E-state index contributed by atoms with van der Waals surface area (Å²) in [6, 6.07) is 12.5. The summed E-state index contributed by atoms with van der Waals surface area (Å²) in [5.41, 5.74) is 3.40. The maximum atomic E-state index is 13.2. The van der Waals surface area contributed by atoms with E-state index in [1.807, 2.05) is 57.2 Å². The topological polar surface area (TPSA) is 86.8 Å². The van der Waals surface area contributed by atoms with Crippen LogP contribution in [0.15, 0.2) is 46.9 Å². The third-order valence-corrected chi connectivity index (χ3v) is 7.43.